The minimum atomic E-state index is -0.275. The summed E-state index contributed by atoms with van der Waals surface area (Å²) in [5.41, 5.74) is 6.55. The lowest BCUT2D eigenvalue weighted by Crippen LogP contribution is -2.30. The van der Waals surface area contributed by atoms with Gasteiger partial charge < -0.3 is 15.4 Å². The van der Waals surface area contributed by atoms with Crippen molar-refractivity contribution in [2.45, 2.75) is 6.92 Å². The molecular weight excluding hydrogens is 280 g/mol. The van der Waals surface area contributed by atoms with Crippen LogP contribution in [0.5, 0.6) is 0 Å². The van der Waals surface area contributed by atoms with Gasteiger partial charge in [0.05, 0.1) is 23.7 Å². The molecule has 2 rings (SSSR count). The van der Waals surface area contributed by atoms with Crippen molar-refractivity contribution in [2.24, 2.45) is 11.8 Å². The highest BCUT2D eigenvalue weighted by atomic mass is 35.5. The number of rotatable bonds is 2. The van der Waals surface area contributed by atoms with E-state index in [-0.39, 0.29) is 23.7 Å². The van der Waals surface area contributed by atoms with E-state index < -0.39 is 0 Å². The van der Waals surface area contributed by atoms with Crippen molar-refractivity contribution in [2.75, 3.05) is 25.9 Å². The van der Waals surface area contributed by atoms with Crippen LogP contribution in [0.15, 0.2) is 18.2 Å². The Kier molecular flexibility index (Phi) is 4.18. The van der Waals surface area contributed by atoms with Crippen molar-refractivity contribution in [1.82, 2.24) is 4.90 Å². The van der Waals surface area contributed by atoms with Crippen LogP contribution in [-0.2, 0) is 9.53 Å². The Morgan fingerprint density at radius 1 is 1.40 bits per heavy atom. The Morgan fingerprint density at radius 3 is 2.70 bits per heavy atom. The second-order valence-corrected chi connectivity index (χ2v) is 5.46. The van der Waals surface area contributed by atoms with Crippen LogP contribution >= 0.6 is 11.6 Å². The fourth-order valence-electron chi connectivity index (χ4n) is 2.45. The molecule has 1 aromatic carbocycles. The van der Waals surface area contributed by atoms with E-state index in [2.05, 4.69) is 0 Å². The molecule has 1 aliphatic heterocycles. The van der Waals surface area contributed by atoms with Crippen LogP contribution in [0.2, 0.25) is 5.02 Å². The lowest BCUT2D eigenvalue weighted by Gasteiger charge is -2.16. The van der Waals surface area contributed by atoms with Gasteiger partial charge in [0, 0.05) is 18.7 Å². The molecule has 0 bridgehead atoms. The van der Waals surface area contributed by atoms with Crippen molar-refractivity contribution in [3.63, 3.8) is 0 Å². The van der Waals surface area contributed by atoms with Gasteiger partial charge in [-0.1, -0.05) is 18.5 Å². The molecule has 2 N–H and O–H groups in total. The number of nitrogens with two attached hydrogens (primary N) is 1. The second-order valence-electron chi connectivity index (χ2n) is 5.05. The van der Waals surface area contributed by atoms with Gasteiger partial charge in [-0.3, -0.25) is 9.59 Å². The Balaban J connectivity index is 2.14. The molecule has 20 heavy (non-hydrogen) atoms. The molecule has 2 unspecified atom stereocenters. The highest BCUT2D eigenvalue weighted by Gasteiger charge is 2.37. The second kappa shape index (κ2) is 5.71. The molecule has 2 atom stereocenters. The van der Waals surface area contributed by atoms with Crippen molar-refractivity contribution >= 4 is 29.2 Å². The molecule has 108 valence electrons. The molecule has 1 saturated heterocycles. The first-order chi connectivity index (χ1) is 9.43. The van der Waals surface area contributed by atoms with Gasteiger partial charge in [0.15, 0.2) is 0 Å². The third-order valence-electron chi connectivity index (χ3n) is 3.65. The van der Waals surface area contributed by atoms with Crippen LogP contribution < -0.4 is 5.73 Å². The van der Waals surface area contributed by atoms with Crippen molar-refractivity contribution < 1.29 is 14.3 Å². The molecule has 0 spiro atoms. The standard InChI is InChI=1S/C14H17ClN2O3/c1-8-6-17(7-10(8)14(19)20-2)13(18)9-3-4-11(15)12(16)5-9/h3-5,8,10H,6-7,16H2,1-2H3. The number of hydrogen-bond donors (Lipinski definition) is 1. The van der Waals surface area contributed by atoms with Gasteiger partial charge in [0.1, 0.15) is 0 Å². The van der Waals surface area contributed by atoms with E-state index in [1.54, 1.807) is 23.1 Å². The van der Waals surface area contributed by atoms with Crippen LogP contribution in [0, 0.1) is 11.8 Å². The van der Waals surface area contributed by atoms with Crippen molar-refractivity contribution in [3.8, 4) is 0 Å². The van der Waals surface area contributed by atoms with Crippen molar-refractivity contribution in [1.29, 1.82) is 0 Å². The maximum atomic E-state index is 12.4. The molecule has 1 aromatic rings. The summed E-state index contributed by atoms with van der Waals surface area (Å²) in [7, 11) is 1.36. The molecular formula is C14H17ClN2O3. The molecule has 0 radical (unpaired) electrons. The zero-order chi connectivity index (χ0) is 14.9. The predicted octanol–water partition coefficient (Wildman–Crippen LogP) is 1.80. The summed E-state index contributed by atoms with van der Waals surface area (Å²) in [6.45, 7) is 2.83. The van der Waals surface area contributed by atoms with E-state index >= 15 is 0 Å². The minimum Gasteiger partial charge on any atom is -0.469 e. The number of hydrogen-bond acceptors (Lipinski definition) is 4. The molecule has 1 fully saturated rings. The van der Waals surface area contributed by atoms with Gasteiger partial charge in [-0.15, -0.1) is 0 Å². The van der Waals surface area contributed by atoms with Gasteiger partial charge in [-0.05, 0) is 24.1 Å². The first-order valence-corrected chi connectivity index (χ1v) is 6.74. The van der Waals surface area contributed by atoms with E-state index in [1.807, 2.05) is 6.92 Å². The third-order valence-corrected chi connectivity index (χ3v) is 3.99. The van der Waals surface area contributed by atoms with Crippen LogP contribution in [0.4, 0.5) is 5.69 Å². The summed E-state index contributed by atoms with van der Waals surface area (Å²) < 4.78 is 4.76. The number of anilines is 1. The number of amides is 1. The van der Waals surface area contributed by atoms with Crippen LogP contribution in [0.25, 0.3) is 0 Å². The largest absolute Gasteiger partial charge is 0.469 e. The van der Waals surface area contributed by atoms with Gasteiger partial charge in [0.2, 0.25) is 0 Å². The molecule has 0 aromatic heterocycles. The van der Waals surface area contributed by atoms with Crippen LogP contribution in [0.1, 0.15) is 17.3 Å². The first-order valence-electron chi connectivity index (χ1n) is 6.36. The number of likely N-dealkylation sites (tertiary alicyclic amines) is 1. The minimum absolute atomic E-state index is 0.0797. The average molecular weight is 297 g/mol. The highest BCUT2D eigenvalue weighted by molar-refractivity contribution is 6.33. The van der Waals surface area contributed by atoms with Crippen LogP contribution in [-0.4, -0.2) is 37.0 Å². The van der Waals surface area contributed by atoms with E-state index in [0.717, 1.165) is 0 Å². The van der Waals surface area contributed by atoms with E-state index in [1.165, 1.54) is 7.11 Å². The summed E-state index contributed by atoms with van der Waals surface area (Å²) in [6.07, 6.45) is 0. The number of carbonyl (C=O) groups excluding carboxylic acids is 2. The number of methoxy groups -OCH3 is 1. The fraction of sp³-hybridized carbons (Fsp3) is 0.429. The number of carbonyl (C=O) groups is 2. The Hall–Kier alpha value is -1.75. The third kappa shape index (κ3) is 2.72. The maximum Gasteiger partial charge on any atom is 0.310 e. The molecule has 6 heteroatoms. The number of ether oxygens (including phenoxy) is 1. The lowest BCUT2D eigenvalue weighted by atomic mass is 9.99. The average Bonchev–Trinajstić information content (AvgIpc) is 2.82. The normalized spacial score (nSPS) is 21.9. The summed E-state index contributed by atoms with van der Waals surface area (Å²) >= 11 is 5.84. The monoisotopic (exact) mass is 296 g/mol. The summed E-state index contributed by atoms with van der Waals surface area (Å²) in [6, 6.07) is 4.79. The fourth-order valence-corrected chi connectivity index (χ4v) is 2.57. The number of benzene rings is 1. The van der Waals surface area contributed by atoms with Gasteiger partial charge in [-0.25, -0.2) is 0 Å². The van der Waals surface area contributed by atoms with Gasteiger partial charge >= 0.3 is 5.97 Å². The topological polar surface area (TPSA) is 72.6 Å². The maximum absolute atomic E-state index is 12.4. The molecule has 1 amide bonds. The van der Waals surface area contributed by atoms with E-state index in [4.69, 9.17) is 22.1 Å². The first kappa shape index (κ1) is 14.7. The summed E-state index contributed by atoms with van der Waals surface area (Å²) in [5, 5.41) is 0.420. The molecule has 0 saturated carbocycles. The Bertz CT molecular complexity index is 547. The Morgan fingerprint density at radius 2 is 2.10 bits per heavy atom. The van der Waals surface area contributed by atoms with E-state index in [9.17, 15) is 9.59 Å². The quantitative estimate of drug-likeness (QED) is 0.667. The van der Waals surface area contributed by atoms with E-state index in [0.29, 0.717) is 29.4 Å². The molecule has 1 aliphatic rings. The molecule has 5 nitrogen and oxygen atoms in total. The van der Waals surface area contributed by atoms with Gasteiger partial charge in [-0.2, -0.15) is 0 Å². The summed E-state index contributed by atoms with van der Waals surface area (Å²) in [5.74, 6) is -0.611. The molecule has 1 heterocycles. The lowest BCUT2D eigenvalue weighted by molar-refractivity contribution is -0.146. The smallest absolute Gasteiger partial charge is 0.310 e. The van der Waals surface area contributed by atoms with Crippen molar-refractivity contribution in [3.05, 3.63) is 28.8 Å². The summed E-state index contributed by atoms with van der Waals surface area (Å²) in [4.78, 5) is 25.7. The molecule has 0 aliphatic carbocycles. The Labute approximate surface area is 122 Å². The highest BCUT2D eigenvalue weighted by Crippen LogP contribution is 2.27. The van der Waals surface area contributed by atoms with Gasteiger partial charge in [0.25, 0.3) is 5.91 Å². The number of halogens is 1. The SMILES string of the molecule is COC(=O)C1CN(C(=O)c2ccc(Cl)c(N)c2)CC1C. The number of esters is 1. The predicted molar refractivity (Wildman–Crippen MR) is 76.4 cm³/mol. The zero-order valence-corrected chi connectivity index (χ0v) is 12.2. The zero-order valence-electron chi connectivity index (χ0n) is 11.4. The van der Waals surface area contributed by atoms with Crippen LogP contribution in [0.3, 0.4) is 0 Å². The number of nitrogen functional groups attached to an aromatic ring is 1. The number of nitrogens with zero attached hydrogens (tertiary/aromatic N) is 1.